The number of carbonyl (C=O) groups excluding carboxylic acids is 2. The van der Waals surface area contributed by atoms with Gasteiger partial charge in [-0.05, 0) is 64.2 Å². The number of unbranched alkanes of at least 4 members (excludes halogenated alkanes) is 18. The van der Waals surface area contributed by atoms with Crippen LogP contribution in [0.3, 0.4) is 0 Å². The van der Waals surface area contributed by atoms with Crippen LogP contribution >= 0.6 is 7.82 Å². The molecule has 0 spiro atoms. The smallest absolute Gasteiger partial charge is 0.472 e. The van der Waals surface area contributed by atoms with Crippen LogP contribution in [0, 0.1) is 0 Å². The highest BCUT2D eigenvalue weighted by molar-refractivity contribution is 7.47. The van der Waals surface area contributed by atoms with E-state index in [-0.39, 0.29) is 19.4 Å². The van der Waals surface area contributed by atoms with Crippen LogP contribution in [0.4, 0.5) is 0 Å². The highest BCUT2D eigenvalue weighted by Crippen LogP contribution is 2.43. The highest BCUT2D eigenvalue weighted by Gasteiger charge is 2.36. The molecule has 0 aromatic heterocycles. The first-order chi connectivity index (χ1) is 26.6. The van der Waals surface area contributed by atoms with E-state index in [1.807, 2.05) is 0 Å². The van der Waals surface area contributed by atoms with Crippen molar-refractivity contribution >= 4 is 25.7 Å². The number of phosphoric ester groups is 1. The van der Waals surface area contributed by atoms with Crippen molar-refractivity contribution in [1.82, 2.24) is 0 Å². The first kappa shape index (κ1) is 50.9. The number of allylic oxidation sites excluding steroid dienone is 3. The molecule has 13 heteroatoms. The van der Waals surface area contributed by atoms with Gasteiger partial charge in [-0.2, -0.15) is 0 Å². The summed E-state index contributed by atoms with van der Waals surface area (Å²) >= 11 is 0. The van der Waals surface area contributed by atoms with Crippen LogP contribution in [0.2, 0.25) is 0 Å². The fourth-order valence-electron chi connectivity index (χ4n) is 6.07. The number of hydrogen-bond donors (Lipinski definition) is 3. The molecule has 3 unspecified atom stereocenters. The number of carbonyl (C=O) groups is 3. The van der Waals surface area contributed by atoms with E-state index in [0.29, 0.717) is 25.0 Å². The molecule has 1 fully saturated rings. The van der Waals surface area contributed by atoms with Crippen LogP contribution in [-0.4, -0.2) is 72.1 Å². The lowest BCUT2D eigenvalue weighted by atomic mass is 10.1. The number of nitrogens with two attached hydrogens (primary N) is 1. The maximum atomic E-state index is 12.6. The van der Waals surface area contributed by atoms with Crippen molar-refractivity contribution in [3.63, 3.8) is 0 Å². The molecule has 1 saturated heterocycles. The molecule has 0 aromatic carbocycles. The van der Waals surface area contributed by atoms with E-state index in [2.05, 4.69) is 42.7 Å². The molecule has 0 radical (unpaired) electrons. The molecule has 1 heterocycles. The average Bonchev–Trinajstić information content (AvgIpc) is 3.91. The third-order valence-corrected chi connectivity index (χ3v) is 10.5. The van der Waals surface area contributed by atoms with Crippen molar-refractivity contribution in [3.05, 3.63) is 24.3 Å². The Morgan fingerprint density at radius 1 is 0.655 bits per heavy atom. The predicted octanol–water partition coefficient (Wildman–Crippen LogP) is 10.0. The topological polar surface area (TPSA) is 184 Å². The van der Waals surface area contributed by atoms with Crippen LogP contribution in [0.15, 0.2) is 24.3 Å². The second-order valence-electron chi connectivity index (χ2n) is 14.9. The molecule has 4 N–H and O–H groups in total. The lowest BCUT2D eigenvalue weighted by molar-refractivity contribution is -0.161. The first-order valence-electron chi connectivity index (χ1n) is 21.5. The molecule has 0 bridgehead atoms. The molecule has 1 aliphatic heterocycles. The average molecular weight is 802 g/mol. The number of carboxylic acid groups (broad SMARTS) is 1. The van der Waals surface area contributed by atoms with Crippen molar-refractivity contribution in [2.24, 2.45) is 5.73 Å². The quantitative estimate of drug-likeness (QED) is 0.0176. The Balaban J connectivity index is 2.29. The van der Waals surface area contributed by atoms with Crippen molar-refractivity contribution in [1.29, 1.82) is 0 Å². The summed E-state index contributed by atoms with van der Waals surface area (Å²) in [5, 5.41) is 8.88. The van der Waals surface area contributed by atoms with E-state index in [4.69, 9.17) is 29.6 Å². The van der Waals surface area contributed by atoms with Crippen LogP contribution in [0.5, 0.6) is 0 Å². The van der Waals surface area contributed by atoms with E-state index in [0.717, 1.165) is 77.0 Å². The normalized spacial score (nSPS) is 17.7. The molecule has 55 heavy (non-hydrogen) atoms. The van der Waals surface area contributed by atoms with E-state index in [9.17, 15) is 23.8 Å². The molecular weight excluding hydrogens is 725 g/mol. The minimum absolute atomic E-state index is 0.146. The van der Waals surface area contributed by atoms with Crippen molar-refractivity contribution in [3.8, 4) is 0 Å². The van der Waals surface area contributed by atoms with Crippen LogP contribution < -0.4 is 5.73 Å². The molecule has 5 atom stereocenters. The van der Waals surface area contributed by atoms with Gasteiger partial charge in [0.2, 0.25) is 0 Å². The minimum Gasteiger partial charge on any atom is -0.480 e. The number of epoxide rings is 1. The van der Waals surface area contributed by atoms with Gasteiger partial charge in [-0.3, -0.25) is 23.4 Å². The molecule has 0 aliphatic carbocycles. The van der Waals surface area contributed by atoms with E-state index >= 15 is 0 Å². The van der Waals surface area contributed by atoms with E-state index in [1.54, 1.807) is 0 Å². The Hall–Kier alpha value is -2.08. The van der Waals surface area contributed by atoms with Gasteiger partial charge in [-0.15, -0.1) is 0 Å². The summed E-state index contributed by atoms with van der Waals surface area (Å²) in [6.45, 7) is 2.74. The monoisotopic (exact) mass is 802 g/mol. The third kappa shape index (κ3) is 31.7. The van der Waals surface area contributed by atoms with Crippen LogP contribution in [0.25, 0.3) is 0 Å². The lowest BCUT2D eigenvalue weighted by Gasteiger charge is -2.20. The van der Waals surface area contributed by atoms with Gasteiger partial charge in [0.05, 0.1) is 25.4 Å². The molecular formula is C42H76NO11P. The summed E-state index contributed by atoms with van der Waals surface area (Å²) in [6, 6.07) is -1.53. The zero-order valence-corrected chi connectivity index (χ0v) is 35.1. The van der Waals surface area contributed by atoms with Gasteiger partial charge in [0, 0.05) is 12.8 Å². The maximum Gasteiger partial charge on any atom is 0.472 e. The van der Waals surface area contributed by atoms with Gasteiger partial charge in [0.1, 0.15) is 12.6 Å². The standard InChI is InChI=1S/C42H76NO11P/c1-3-5-7-8-9-10-11-12-13-14-15-16-21-24-28-32-41(45)53-36(34-51-55(48,49)52-35-37(43)42(46)47)33-50-40(44)31-27-23-20-18-17-19-22-26-30-39-38(54-39)29-25-6-4-2/h12-13,22,26,36-39H,3-11,14-21,23-25,27-35,43H2,1-2H3,(H,46,47)(H,48,49)/b13-12-,26-22-/t36-,37+,38?,39?/m1/s1. The molecule has 1 aliphatic rings. The lowest BCUT2D eigenvalue weighted by Crippen LogP contribution is -2.34. The van der Waals surface area contributed by atoms with Gasteiger partial charge < -0.3 is 29.9 Å². The molecule has 1 rings (SSSR count). The maximum absolute atomic E-state index is 12.6. The molecule has 12 nitrogen and oxygen atoms in total. The Morgan fingerprint density at radius 3 is 1.73 bits per heavy atom. The fraction of sp³-hybridized carbons (Fsp3) is 0.833. The molecule has 320 valence electrons. The van der Waals surface area contributed by atoms with Crippen molar-refractivity contribution < 1.29 is 52.2 Å². The summed E-state index contributed by atoms with van der Waals surface area (Å²) in [5.74, 6) is -2.41. The van der Waals surface area contributed by atoms with Gasteiger partial charge in [0.25, 0.3) is 0 Å². The summed E-state index contributed by atoms with van der Waals surface area (Å²) in [4.78, 5) is 45.9. The SMILES string of the molecule is CCCCCCCC/C=C\CCCCCCCC(=O)O[C@H](COC(=O)CCCCCCC/C=C\CC1OC1CCCCC)COP(=O)(O)OC[C@H](N)C(=O)O. The summed E-state index contributed by atoms with van der Waals surface area (Å²) in [5.41, 5.74) is 5.33. The van der Waals surface area contributed by atoms with E-state index < -0.39 is 51.1 Å². The Morgan fingerprint density at radius 2 is 1.15 bits per heavy atom. The number of phosphoric acid groups is 1. The third-order valence-electron chi connectivity index (χ3n) is 9.60. The molecule has 0 saturated carbocycles. The van der Waals surface area contributed by atoms with Crippen molar-refractivity contribution in [2.45, 2.75) is 205 Å². The minimum atomic E-state index is -4.72. The Kier molecular flexibility index (Phi) is 31.5. The highest BCUT2D eigenvalue weighted by atomic mass is 31.2. The second-order valence-corrected chi connectivity index (χ2v) is 16.3. The van der Waals surface area contributed by atoms with Gasteiger partial charge in [-0.25, -0.2) is 4.57 Å². The number of hydrogen-bond acceptors (Lipinski definition) is 10. The zero-order valence-electron chi connectivity index (χ0n) is 34.2. The summed E-state index contributed by atoms with van der Waals surface area (Å²) in [6.07, 6.45) is 35.5. The predicted molar refractivity (Wildman–Crippen MR) is 217 cm³/mol. The van der Waals surface area contributed by atoms with E-state index in [1.165, 1.54) is 64.2 Å². The largest absolute Gasteiger partial charge is 0.480 e. The Bertz CT molecular complexity index is 1100. The van der Waals surface area contributed by atoms with Crippen LogP contribution in [-0.2, 0) is 42.2 Å². The van der Waals surface area contributed by atoms with Crippen LogP contribution in [0.1, 0.15) is 181 Å². The molecule has 0 aromatic rings. The first-order valence-corrected chi connectivity index (χ1v) is 23.0. The summed E-state index contributed by atoms with van der Waals surface area (Å²) in [7, 11) is -4.72. The van der Waals surface area contributed by atoms with Crippen molar-refractivity contribution in [2.75, 3.05) is 19.8 Å². The van der Waals surface area contributed by atoms with Gasteiger partial charge in [0.15, 0.2) is 6.10 Å². The second kappa shape index (κ2) is 34.0. The number of aliphatic carboxylic acids is 1. The zero-order chi connectivity index (χ0) is 40.4. The van der Waals surface area contributed by atoms with Gasteiger partial charge >= 0.3 is 25.7 Å². The number of esters is 2. The number of carboxylic acids is 1. The summed E-state index contributed by atoms with van der Waals surface area (Å²) < 4.78 is 38.4. The number of rotatable bonds is 39. The molecule has 0 amide bonds. The Labute approximate surface area is 332 Å². The van der Waals surface area contributed by atoms with Gasteiger partial charge in [-0.1, -0.05) is 128 Å². The fourth-order valence-corrected chi connectivity index (χ4v) is 6.84. The number of ether oxygens (including phenoxy) is 3.